The van der Waals surface area contributed by atoms with Crippen molar-refractivity contribution in [3.05, 3.63) is 0 Å². The van der Waals surface area contributed by atoms with E-state index in [-0.39, 0.29) is 12.7 Å². The molecule has 2 aliphatic heterocycles. The van der Waals surface area contributed by atoms with Gasteiger partial charge in [0.1, 0.15) is 0 Å². The smallest absolute Gasteiger partial charge is 0.0932 e. The first kappa shape index (κ1) is 12.3. The van der Waals surface area contributed by atoms with Crippen molar-refractivity contribution in [3.8, 4) is 0 Å². The van der Waals surface area contributed by atoms with Crippen LogP contribution in [0, 0.1) is 0 Å². The molecule has 94 valence electrons. The highest BCUT2D eigenvalue weighted by atomic mass is 16.5. The SMILES string of the molecule is CN1CCOC(CN2CCOC(CO)C2)C1. The van der Waals surface area contributed by atoms with Gasteiger partial charge in [-0.1, -0.05) is 0 Å². The van der Waals surface area contributed by atoms with Crippen molar-refractivity contribution in [2.75, 3.05) is 59.6 Å². The number of ether oxygens (including phenoxy) is 2. The van der Waals surface area contributed by atoms with Gasteiger partial charge in [-0.05, 0) is 7.05 Å². The molecule has 1 N–H and O–H groups in total. The lowest BCUT2D eigenvalue weighted by molar-refractivity contribution is -0.0818. The number of hydrogen-bond acceptors (Lipinski definition) is 5. The lowest BCUT2D eigenvalue weighted by Crippen LogP contribution is -2.51. The molecule has 0 aromatic rings. The van der Waals surface area contributed by atoms with Gasteiger partial charge in [-0.2, -0.15) is 0 Å². The summed E-state index contributed by atoms with van der Waals surface area (Å²) in [7, 11) is 2.13. The van der Waals surface area contributed by atoms with Crippen molar-refractivity contribution >= 4 is 0 Å². The highest BCUT2D eigenvalue weighted by Crippen LogP contribution is 2.09. The lowest BCUT2D eigenvalue weighted by atomic mass is 10.2. The Labute approximate surface area is 96.9 Å². The summed E-state index contributed by atoms with van der Waals surface area (Å²) in [6.07, 6.45) is 0.284. The van der Waals surface area contributed by atoms with Gasteiger partial charge < -0.3 is 19.5 Å². The molecule has 0 saturated carbocycles. The number of rotatable bonds is 3. The molecule has 2 fully saturated rings. The quantitative estimate of drug-likeness (QED) is 0.674. The van der Waals surface area contributed by atoms with Crippen LogP contribution < -0.4 is 0 Å². The Balaban J connectivity index is 1.75. The van der Waals surface area contributed by atoms with E-state index in [4.69, 9.17) is 14.6 Å². The van der Waals surface area contributed by atoms with E-state index >= 15 is 0 Å². The maximum atomic E-state index is 9.07. The molecule has 16 heavy (non-hydrogen) atoms. The van der Waals surface area contributed by atoms with Crippen molar-refractivity contribution < 1.29 is 14.6 Å². The summed E-state index contributed by atoms with van der Waals surface area (Å²) >= 11 is 0. The molecule has 0 aliphatic carbocycles. The van der Waals surface area contributed by atoms with Crippen LogP contribution in [0.15, 0.2) is 0 Å². The van der Waals surface area contributed by atoms with Gasteiger partial charge in [0.2, 0.25) is 0 Å². The normalized spacial score (nSPS) is 34.1. The van der Waals surface area contributed by atoms with Gasteiger partial charge in [0.15, 0.2) is 0 Å². The molecule has 0 aromatic heterocycles. The van der Waals surface area contributed by atoms with Crippen LogP contribution >= 0.6 is 0 Å². The van der Waals surface area contributed by atoms with E-state index in [1.807, 2.05) is 0 Å². The maximum absolute atomic E-state index is 9.07. The maximum Gasteiger partial charge on any atom is 0.0932 e. The molecular weight excluding hydrogens is 208 g/mol. The van der Waals surface area contributed by atoms with Crippen LogP contribution in [0.2, 0.25) is 0 Å². The van der Waals surface area contributed by atoms with Crippen LogP contribution in [-0.2, 0) is 9.47 Å². The highest BCUT2D eigenvalue weighted by Gasteiger charge is 2.24. The minimum Gasteiger partial charge on any atom is -0.394 e. The third kappa shape index (κ3) is 3.40. The van der Waals surface area contributed by atoms with Gasteiger partial charge in [0.25, 0.3) is 0 Å². The lowest BCUT2D eigenvalue weighted by Gasteiger charge is -2.37. The molecule has 2 atom stereocenters. The fourth-order valence-corrected chi connectivity index (χ4v) is 2.32. The Morgan fingerprint density at radius 3 is 2.62 bits per heavy atom. The second-order valence-corrected chi connectivity index (χ2v) is 4.69. The van der Waals surface area contributed by atoms with Crippen molar-refractivity contribution in [3.63, 3.8) is 0 Å². The van der Waals surface area contributed by atoms with Crippen LogP contribution in [0.3, 0.4) is 0 Å². The Kier molecular flexibility index (Phi) is 4.55. The predicted molar refractivity (Wildman–Crippen MR) is 60.5 cm³/mol. The Bertz CT molecular complexity index is 215. The van der Waals surface area contributed by atoms with E-state index in [1.165, 1.54) is 0 Å². The topological polar surface area (TPSA) is 45.2 Å². The first-order valence-electron chi connectivity index (χ1n) is 6.03. The molecule has 0 amide bonds. The summed E-state index contributed by atoms with van der Waals surface area (Å²) in [6.45, 7) is 6.40. The molecule has 2 rings (SSSR count). The van der Waals surface area contributed by atoms with E-state index in [0.717, 1.165) is 39.3 Å². The minimum absolute atomic E-state index is 0.0185. The second-order valence-electron chi connectivity index (χ2n) is 4.69. The van der Waals surface area contributed by atoms with Gasteiger partial charge in [0, 0.05) is 32.7 Å². The van der Waals surface area contributed by atoms with E-state index in [0.29, 0.717) is 12.7 Å². The summed E-state index contributed by atoms with van der Waals surface area (Å²) in [5.74, 6) is 0. The van der Waals surface area contributed by atoms with Crippen molar-refractivity contribution in [2.24, 2.45) is 0 Å². The van der Waals surface area contributed by atoms with E-state index in [9.17, 15) is 0 Å². The van der Waals surface area contributed by atoms with E-state index < -0.39 is 0 Å². The third-order valence-electron chi connectivity index (χ3n) is 3.23. The van der Waals surface area contributed by atoms with Crippen molar-refractivity contribution in [1.29, 1.82) is 0 Å². The zero-order valence-electron chi connectivity index (χ0n) is 9.97. The van der Waals surface area contributed by atoms with Crippen LogP contribution in [0.25, 0.3) is 0 Å². The van der Waals surface area contributed by atoms with Gasteiger partial charge >= 0.3 is 0 Å². The molecule has 2 heterocycles. The average Bonchev–Trinajstić information content (AvgIpc) is 2.29. The molecular formula is C11H22N2O3. The van der Waals surface area contributed by atoms with Crippen LogP contribution in [-0.4, -0.2) is 86.7 Å². The molecule has 0 aromatic carbocycles. The van der Waals surface area contributed by atoms with Gasteiger partial charge in [-0.25, -0.2) is 0 Å². The highest BCUT2D eigenvalue weighted by molar-refractivity contribution is 4.77. The molecule has 0 bridgehead atoms. The van der Waals surface area contributed by atoms with E-state index in [1.54, 1.807) is 0 Å². The monoisotopic (exact) mass is 230 g/mol. The molecule has 0 spiro atoms. The standard InChI is InChI=1S/C11H22N2O3/c1-12-2-4-15-10(6-12)7-13-3-5-16-11(8-13)9-14/h10-11,14H,2-9H2,1H3. The molecule has 2 aliphatic rings. The molecule has 5 nitrogen and oxygen atoms in total. The number of likely N-dealkylation sites (N-methyl/N-ethyl adjacent to an activating group) is 1. The van der Waals surface area contributed by atoms with Gasteiger partial charge in [-0.3, -0.25) is 4.90 Å². The largest absolute Gasteiger partial charge is 0.394 e. The van der Waals surface area contributed by atoms with E-state index in [2.05, 4.69) is 16.8 Å². The summed E-state index contributed by atoms with van der Waals surface area (Å²) in [4.78, 5) is 4.63. The second kappa shape index (κ2) is 5.93. The predicted octanol–water partition coefficient (Wildman–Crippen LogP) is -0.990. The zero-order chi connectivity index (χ0) is 11.4. The van der Waals surface area contributed by atoms with Crippen molar-refractivity contribution in [1.82, 2.24) is 9.80 Å². The summed E-state index contributed by atoms with van der Waals surface area (Å²) < 4.78 is 11.2. The van der Waals surface area contributed by atoms with Crippen molar-refractivity contribution in [2.45, 2.75) is 12.2 Å². The zero-order valence-corrected chi connectivity index (χ0v) is 9.97. The average molecular weight is 230 g/mol. The number of aliphatic hydroxyl groups is 1. The number of nitrogens with zero attached hydrogens (tertiary/aromatic N) is 2. The Morgan fingerprint density at radius 2 is 1.88 bits per heavy atom. The summed E-state index contributed by atoms with van der Waals surface area (Å²) in [5, 5.41) is 9.07. The van der Waals surface area contributed by atoms with Crippen LogP contribution in [0.1, 0.15) is 0 Å². The fraction of sp³-hybridized carbons (Fsp3) is 1.00. The first-order chi connectivity index (χ1) is 7.78. The summed E-state index contributed by atoms with van der Waals surface area (Å²) in [5.41, 5.74) is 0. The summed E-state index contributed by atoms with van der Waals surface area (Å²) in [6, 6.07) is 0. The third-order valence-corrected chi connectivity index (χ3v) is 3.23. The Morgan fingerprint density at radius 1 is 1.12 bits per heavy atom. The van der Waals surface area contributed by atoms with Crippen LogP contribution in [0.4, 0.5) is 0 Å². The Hall–Kier alpha value is -0.200. The van der Waals surface area contributed by atoms with Gasteiger partial charge in [0.05, 0.1) is 32.0 Å². The molecule has 2 saturated heterocycles. The number of aliphatic hydroxyl groups excluding tert-OH is 1. The molecule has 2 unspecified atom stereocenters. The molecule has 0 radical (unpaired) electrons. The number of morpholine rings is 2. The fourth-order valence-electron chi connectivity index (χ4n) is 2.32. The van der Waals surface area contributed by atoms with Crippen LogP contribution in [0.5, 0.6) is 0 Å². The van der Waals surface area contributed by atoms with Gasteiger partial charge in [-0.15, -0.1) is 0 Å². The molecule has 5 heteroatoms. The number of hydrogen-bond donors (Lipinski definition) is 1. The first-order valence-corrected chi connectivity index (χ1v) is 6.03. The minimum atomic E-state index is -0.0185.